The monoisotopic (exact) mass is 324 g/mol. The lowest BCUT2D eigenvalue weighted by Crippen LogP contribution is -2.35. The smallest absolute Gasteiger partial charge is 0.147 e. The molecule has 0 aliphatic rings. The van der Waals surface area contributed by atoms with Crippen molar-refractivity contribution in [1.82, 2.24) is 10.3 Å². The Morgan fingerprint density at radius 1 is 1.19 bits per heavy atom. The van der Waals surface area contributed by atoms with E-state index in [-0.39, 0.29) is 5.54 Å². The zero-order valence-corrected chi connectivity index (χ0v) is 13.8. The molecule has 0 bridgehead atoms. The molecule has 1 heterocycles. The van der Waals surface area contributed by atoms with Crippen LogP contribution >= 0.6 is 23.2 Å². The van der Waals surface area contributed by atoms with Crippen molar-refractivity contribution >= 4 is 23.2 Å². The highest BCUT2D eigenvalue weighted by atomic mass is 35.5. The fourth-order valence-corrected chi connectivity index (χ4v) is 2.13. The second-order valence-corrected chi connectivity index (χ2v) is 6.60. The van der Waals surface area contributed by atoms with Gasteiger partial charge in [-0.25, -0.2) is 0 Å². The average Bonchev–Trinajstić information content (AvgIpc) is 2.37. The number of rotatable bonds is 4. The molecule has 0 atom stereocenters. The van der Waals surface area contributed by atoms with Crippen molar-refractivity contribution < 1.29 is 4.74 Å². The Kier molecular flexibility index (Phi) is 5.09. The number of benzene rings is 1. The first-order valence-electron chi connectivity index (χ1n) is 6.66. The van der Waals surface area contributed by atoms with Crippen molar-refractivity contribution in [2.75, 3.05) is 0 Å². The van der Waals surface area contributed by atoms with Gasteiger partial charge in [-0.2, -0.15) is 0 Å². The zero-order chi connectivity index (χ0) is 15.5. The third-order valence-corrected chi connectivity index (χ3v) is 3.34. The Bertz CT molecular complexity index is 624. The minimum absolute atomic E-state index is 0.00590. The van der Waals surface area contributed by atoms with Crippen molar-refractivity contribution in [3.8, 4) is 11.5 Å². The van der Waals surface area contributed by atoms with E-state index in [4.69, 9.17) is 27.9 Å². The Morgan fingerprint density at radius 2 is 1.95 bits per heavy atom. The molecular formula is C16H18Cl2N2O. The molecule has 0 unspecified atom stereocenters. The molecule has 2 aromatic rings. The summed E-state index contributed by atoms with van der Waals surface area (Å²) in [7, 11) is 0. The van der Waals surface area contributed by atoms with E-state index in [1.807, 2.05) is 18.2 Å². The number of pyridine rings is 1. The van der Waals surface area contributed by atoms with Gasteiger partial charge in [-0.15, -0.1) is 0 Å². The van der Waals surface area contributed by atoms with Gasteiger partial charge < -0.3 is 10.1 Å². The fraction of sp³-hybridized carbons (Fsp3) is 0.312. The number of ether oxygens (including phenoxy) is 1. The molecule has 0 radical (unpaired) electrons. The van der Waals surface area contributed by atoms with Crippen molar-refractivity contribution in [2.45, 2.75) is 32.9 Å². The lowest BCUT2D eigenvalue weighted by molar-refractivity contribution is 0.414. The summed E-state index contributed by atoms with van der Waals surface area (Å²) < 4.78 is 5.86. The van der Waals surface area contributed by atoms with Gasteiger partial charge >= 0.3 is 0 Å². The van der Waals surface area contributed by atoms with Crippen LogP contribution in [-0.4, -0.2) is 10.5 Å². The summed E-state index contributed by atoms with van der Waals surface area (Å²) in [5.74, 6) is 1.28. The van der Waals surface area contributed by atoms with Crippen LogP contribution in [0.15, 0.2) is 36.7 Å². The minimum atomic E-state index is -0.00590. The van der Waals surface area contributed by atoms with Gasteiger partial charge in [0.1, 0.15) is 11.5 Å². The van der Waals surface area contributed by atoms with E-state index in [2.05, 4.69) is 31.1 Å². The number of nitrogens with one attached hydrogen (secondary N) is 1. The Balaban J connectivity index is 2.25. The number of nitrogens with zero attached hydrogens (tertiary/aromatic N) is 1. The van der Waals surface area contributed by atoms with Crippen LogP contribution in [0, 0.1) is 0 Å². The number of hydrogen-bond donors (Lipinski definition) is 1. The van der Waals surface area contributed by atoms with E-state index in [9.17, 15) is 0 Å². The zero-order valence-electron chi connectivity index (χ0n) is 12.3. The van der Waals surface area contributed by atoms with Gasteiger partial charge in [0.2, 0.25) is 0 Å². The summed E-state index contributed by atoms with van der Waals surface area (Å²) in [6, 6.07) is 7.31. The van der Waals surface area contributed by atoms with Crippen LogP contribution in [-0.2, 0) is 6.54 Å². The summed E-state index contributed by atoms with van der Waals surface area (Å²) in [5, 5.41) is 4.61. The van der Waals surface area contributed by atoms with E-state index in [0.29, 0.717) is 28.1 Å². The van der Waals surface area contributed by atoms with E-state index >= 15 is 0 Å². The summed E-state index contributed by atoms with van der Waals surface area (Å²) in [6.07, 6.45) is 3.18. The maximum Gasteiger partial charge on any atom is 0.147 e. The highest BCUT2D eigenvalue weighted by molar-refractivity contribution is 6.31. The molecule has 3 nitrogen and oxygen atoms in total. The second kappa shape index (κ2) is 6.65. The first-order chi connectivity index (χ1) is 9.85. The van der Waals surface area contributed by atoms with Crippen molar-refractivity contribution in [2.24, 2.45) is 0 Å². The predicted octanol–water partition coefficient (Wildman–Crippen LogP) is 5.07. The molecule has 0 aliphatic carbocycles. The summed E-state index contributed by atoms with van der Waals surface area (Å²) >= 11 is 12.2. The normalized spacial score (nSPS) is 11.5. The highest BCUT2D eigenvalue weighted by Gasteiger charge is 2.14. The first-order valence-corrected chi connectivity index (χ1v) is 7.41. The van der Waals surface area contributed by atoms with Gasteiger partial charge in [0.05, 0.1) is 11.2 Å². The Morgan fingerprint density at radius 3 is 2.62 bits per heavy atom. The van der Waals surface area contributed by atoms with Crippen LogP contribution in [0.1, 0.15) is 26.3 Å². The third kappa shape index (κ3) is 4.88. The van der Waals surface area contributed by atoms with Crippen LogP contribution in [0.3, 0.4) is 0 Å². The molecular weight excluding hydrogens is 307 g/mol. The first kappa shape index (κ1) is 16.1. The second-order valence-electron chi connectivity index (χ2n) is 5.76. The van der Waals surface area contributed by atoms with Gasteiger partial charge in [-0.1, -0.05) is 29.3 Å². The van der Waals surface area contributed by atoms with Crippen LogP contribution in [0.4, 0.5) is 0 Å². The fourth-order valence-electron chi connectivity index (χ4n) is 1.73. The molecule has 2 rings (SSSR count). The maximum atomic E-state index is 6.29. The highest BCUT2D eigenvalue weighted by Crippen LogP contribution is 2.31. The average molecular weight is 325 g/mol. The van der Waals surface area contributed by atoms with Crippen LogP contribution < -0.4 is 10.1 Å². The number of hydrogen-bond acceptors (Lipinski definition) is 3. The standard InChI is InChI=1S/C16H18Cl2N2O/c1-16(2,3)20-10-13-14(18)5-4-6-15(13)21-12-7-11(17)8-19-9-12/h4-9,20H,10H2,1-3H3. The van der Waals surface area contributed by atoms with Gasteiger partial charge in [0.25, 0.3) is 0 Å². The molecule has 1 aromatic heterocycles. The molecule has 0 aliphatic heterocycles. The molecule has 0 fully saturated rings. The van der Waals surface area contributed by atoms with Crippen molar-refractivity contribution in [3.63, 3.8) is 0 Å². The lowest BCUT2D eigenvalue weighted by atomic mass is 10.1. The Labute approximate surface area is 135 Å². The van der Waals surface area contributed by atoms with E-state index < -0.39 is 0 Å². The van der Waals surface area contributed by atoms with Crippen LogP contribution in [0.5, 0.6) is 11.5 Å². The third-order valence-electron chi connectivity index (χ3n) is 2.78. The largest absolute Gasteiger partial charge is 0.455 e. The van der Waals surface area contributed by atoms with Crippen molar-refractivity contribution in [3.05, 3.63) is 52.3 Å². The summed E-state index contributed by atoms with van der Waals surface area (Å²) in [4.78, 5) is 4.01. The summed E-state index contributed by atoms with van der Waals surface area (Å²) in [5.41, 5.74) is 0.905. The van der Waals surface area contributed by atoms with Gasteiger partial charge in [0, 0.05) is 34.9 Å². The van der Waals surface area contributed by atoms with Gasteiger partial charge in [-0.3, -0.25) is 4.98 Å². The molecule has 1 aromatic carbocycles. The molecule has 0 saturated heterocycles. The van der Waals surface area contributed by atoms with E-state index in [1.165, 1.54) is 0 Å². The quantitative estimate of drug-likeness (QED) is 0.852. The Hall–Kier alpha value is -1.29. The predicted molar refractivity (Wildman–Crippen MR) is 87.4 cm³/mol. The topological polar surface area (TPSA) is 34.1 Å². The van der Waals surface area contributed by atoms with Crippen LogP contribution in [0.2, 0.25) is 10.0 Å². The minimum Gasteiger partial charge on any atom is -0.455 e. The summed E-state index contributed by atoms with van der Waals surface area (Å²) in [6.45, 7) is 6.92. The molecule has 0 saturated carbocycles. The van der Waals surface area contributed by atoms with Crippen LogP contribution in [0.25, 0.3) is 0 Å². The molecule has 0 spiro atoms. The maximum absolute atomic E-state index is 6.29. The SMILES string of the molecule is CC(C)(C)NCc1c(Cl)cccc1Oc1cncc(Cl)c1. The molecule has 1 N–H and O–H groups in total. The van der Waals surface area contributed by atoms with Gasteiger partial charge in [-0.05, 0) is 32.9 Å². The molecule has 112 valence electrons. The molecule has 0 amide bonds. The van der Waals surface area contributed by atoms with E-state index in [1.54, 1.807) is 18.5 Å². The van der Waals surface area contributed by atoms with Crippen molar-refractivity contribution in [1.29, 1.82) is 0 Å². The number of halogens is 2. The number of aromatic nitrogens is 1. The molecule has 5 heteroatoms. The molecule has 21 heavy (non-hydrogen) atoms. The van der Waals surface area contributed by atoms with Gasteiger partial charge in [0.15, 0.2) is 0 Å². The van der Waals surface area contributed by atoms with E-state index in [0.717, 1.165) is 5.56 Å². The lowest BCUT2D eigenvalue weighted by Gasteiger charge is -2.22.